The highest BCUT2D eigenvalue weighted by molar-refractivity contribution is 4.70. The summed E-state index contributed by atoms with van der Waals surface area (Å²) in [5, 5.41) is 3.27. The topological polar surface area (TPSA) is 15.3 Å². The SMILES string of the molecule is CNCC(CN(C)C(C)C)C(C)C. The zero-order chi connectivity index (χ0) is 10.4. The lowest BCUT2D eigenvalue weighted by Gasteiger charge is -2.29. The van der Waals surface area contributed by atoms with Crippen LogP contribution in [0.2, 0.25) is 0 Å². The molecule has 0 aliphatic rings. The lowest BCUT2D eigenvalue weighted by Crippen LogP contribution is -2.37. The molecule has 2 heteroatoms. The molecule has 0 aromatic carbocycles. The van der Waals surface area contributed by atoms with Crippen LogP contribution in [0.3, 0.4) is 0 Å². The second-order valence-corrected chi connectivity index (χ2v) is 4.60. The lowest BCUT2D eigenvalue weighted by molar-refractivity contribution is 0.199. The van der Waals surface area contributed by atoms with Crippen LogP contribution in [0.4, 0.5) is 0 Å². The van der Waals surface area contributed by atoms with Crippen molar-refractivity contribution in [2.24, 2.45) is 11.8 Å². The van der Waals surface area contributed by atoms with E-state index in [0.717, 1.165) is 18.4 Å². The summed E-state index contributed by atoms with van der Waals surface area (Å²) in [5.74, 6) is 1.52. The molecule has 0 aliphatic heterocycles. The molecule has 0 aromatic rings. The van der Waals surface area contributed by atoms with Crippen molar-refractivity contribution in [3.8, 4) is 0 Å². The highest BCUT2D eigenvalue weighted by atomic mass is 15.1. The molecule has 2 nitrogen and oxygen atoms in total. The van der Waals surface area contributed by atoms with E-state index < -0.39 is 0 Å². The number of hydrogen-bond donors (Lipinski definition) is 1. The quantitative estimate of drug-likeness (QED) is 0.680. The van der Waals surface area contributed by atoms with Crippen molar-refractivity contribution in [3.05, 3.63) is 0 Å². The average Bonchev–Trinajstić information content (AvgIpc) is 2.03. The van der Waals surface area contributed by atoms with Crippen LogP contribution >= 0.6 is 0 Å². The van der Waals surface area contributed by atoms with Crippen molar-refractivity contribution in [1.29, 1.82) is 0 Å². The van der Waals surface area contributed by atoms with Gasteiger partial charge in [-0.25, -0.2) is 0 Å². The molecule has 0 spiro atoms. The monoisotopic (exact) mass is 186 g/mol. The van der Waals surface area contributed by atoms with Crippen LogP contribution in [0.1, 0.15) is 27.7 Å². The number of hydrogen-bond acceptors (Lipinski definition) is 2. The summed E-state index contributed by atoms with van der Waals surface area (Å²) in [6.07, 6.45) is 0. The summed E-state index contributed by atoms with van der Waals surface area (Å²) in [4.78, 5) is 2.42. The van der Waals surface area contributed by atoms with Crippen molar-refractivity contribution >= 4 is 0 Å². The van der Waals surface area contributed by atoms with Crippen LogP contribution in [0.25, 0.3) is 0 Å². The van der Waals surface area contributed by atoms with Gasteiger partial charge in [-0.1, -0.05) is 13.8 Å². The Morgan fingerprint density at radius 2 is 1.69 bits per heavy atom. The summed E-state index contributed by atoms with van der Waals surface area (Å²) in [7, 11) is 4.24. The third-order valence-corrected chi connectivity index (χ3v) is 2.81. The Labute approximate surface area is 83.7 Å². The minimum absolute atomic E-state index is 0.651. The Balaban J connectivity index is 3.94. The second-order valence-electron chi connectivity index (χ2n) is 4.60. The minimum atomic E-state index is 0.651. The molecule has 0 bridgehead atoms. The van der Waals surface area contributed by atoms with Crippen molar-refractivity contribution in [2.75, 3.05) is 27.2 Å². The van der Waals surface area contributed by atoms with E-state index in [1.54, 1.807) is 0 Å². The van der Waals surface area contributed by atoms with Crippen molar-refractivity contribution < 1.29 is 0 Å². The standard InChI is InChI=1S/C11H26N2/c1-9(2)11(7-12-5)8-13(6)10(3)4/h9-12H,7-8H2,1-6H3. The molecule has 80 valence electrons. The second kappa shape index (κ2) is 6.39. The van der Waals surface area contributed by atoms with Gasteiger partial charge < -0.3 is 10.2 Å². The first-order chi connectivity index (χ1) is 5.99. The van der Waals surface area contributed by atoms with E-state index >= 15 is 0 Å². The fourth-order valence-electron chi connectivity index (χ4n) is 1.35. The summed E-state index contributed by atoms with van der Waals surface area (Å²) in [5.41, 5.74) is 0. The van der Waals surface area contributed by atoms with Gasteiger partial charge in [0.2, 0.25) is 0 Å². The fourth-order valence-corrected chi connectivity index (χ4v) is 1.35. The Morgan fingerprint density at radius 3 is 2.00 bits per heavy atom. The molecule has 0 amide bonds. The zero-order valence-electron chi connectivity index (χ0n) is 10.1. The van der Waals surface area contributed by atoms with Gasteiger partial charge in [-0.05, 0) is 46.3 Å². The van der Waals surface area contributed by atoms with Crippen LogP contribution in [-0.2, 0) is 0 Å². The van der Waals surface area contributed by atoms with Crippen molar-refractivity contribution in [2.45, 2.75) is 33.7 Å². The molecule has 0 saturated carbocycles. The third-order valence-electron chi connectivity index (χ3n) is 2.81. The van der Waals surface area contributed by atoms with Gasteiger partial charge in [-0.3, -0.25) is 0 Å². The maximum absolute atomic E-state index is 3.27. The van der Waals surface area contributed by atoms with Gasteiger partial charge in [0.15, 0.2) is 0 Å². The Morgan fingerprint density at radius 1 is 1.15 bits per heavy atom. The number of rotatable bonds is 6. The predicted octanol–water partition coefficient (Wildman–Crippen LogP) is 1.82. The van der Waals surface area contributed by atoms with E-state index in [1.807, 2.05) is 7.05 Å². The Kier molecular flexibility index (Phi) is 6.35. The van der Waals surface area contributed by atoms with Gasteiger partial charge in [0, 0.05) is 12.6 Å². The zero-order valence-corrected chi connectivity index (χ0v) is 10.1. The highest BCUT2D eigenvalue weighted by Gasteiger charge is 2.15. The molecule has 0 radical (unpaired) electrons. The van der Waals surface area contributed by atoms with Gasteiger partial charge in [-0.2, -0.15) is 0 Å². The van der Waals surface area contributed by atoms with Crippen LogP contribution in [0.5, 0.6) is 0 Å². The van der Waals surface area contributed by atoms with Crippen LogP contribution in [0.15, 0.2) is 0 Å². The van der Waals surface area contributed by atoms with Crippen LogP contribution < -0.4 is 5.32 Å². The first kappa shape index (κ1) is 12.9. The van der Waals surface area contributed by atoms with Crippen molar-refractivity contribution in [1.82, 2.24) is 10.2 Å². The van der Waals surface area contributed by atoms with Crippen LogP contribution in [0, 0.1) is 11.8 Å². The molecular weight excluding hydrogens is 160 g/mol. The maximum Gasteiger partial charge on any atom is 0.00356 e. The normalized spacial score (nSPS) is 14.5. The van der Waals surface area contributed by atoms with E-state index in [0.29, 0.717) is 6.04 Å². The van der Waals surface area contributed by atoms with Gasteiger partial charge in [-0.15, -0.1) is 0 Å². The first-order valence-electron chi connectivity index (χ1n) is 5.33. The third kappa shape index (κ3) is 5.27. The van der Waals surface area contributed by atoms with E-state index in [-0.39, 0.29) is 0 Å². The number of nitrogens with zero attached hydrogens (tertiary/aromatic N) is 1. The van der Waals surface area contributed by atoms with E-state index in [2.05, 4.69) is 45.0 Å². The molecule has 1 unspecified atom stereocenters. The first-order valence-corrected chi connectivity index (χ1v) is 5.33. The predicted molar refractivity (Wildman–Crippen MR) is 60.0 cm³/mol. The van der Waals surface area contributed by atoms with Crippen LogP contribution in [-0.4, -0.2) is 38.1 Å². The van der Waals surface area contributed by atoms with E-state index in [9.17, 15) is 0 Å². The molecule has 0 aliphatic carbocycles. The van der Waals surface area contributed by atoms with Gasteiger partial charge in [0.05, 0.1) is 0 Å². The van der Waals surface area contributed by atoms with E-state index in [4.69, 9.17) is 0 Å². The summed E-state index contributed by atoms with van der Waals surface area (Å²) >= 11 is 0. The summed E-state index contributed by atoms with van der Waals surface area (Å²) in [6, 6.07) is 0.651. The minimum Gasteiger partial charge on any atom is -0.319 e. The molecule has 13 heavy (non-hydrogen) atoms. The summed E-state index contributed by atoms with van der Waals surface area (Å²) < 4.78 is 0. The lowest BCUT2D eigenvalue weighted by atomic mass is 9.95. The highest BCUT2D eigenvalue weighted by Crippen LogP contribution is 2.12. The fraction of sp³-hybridized carbons (Fsp3) is 1.00. The molecule has 0 saturated heterocycles. The molecule has 0 fully saturated rings. The molecule has 1 N–H and O–H groups in total. The van der Waals surface area contributed by atoms with E-state index in [1.165, 1.54) is 6.54 Å². The maximum atomic E-state index is 3.27. The average molecular weight is 186 g/mol. The molecule has 0 heterocycles. The largest absolute Gasteiger partial charge is 0.319 e. The molecule has 1 atom stereocenters. The smallest absolute Gasteiger partial charge is 0.00356 e. The molecule has 0 rings (SSSR count). The Hall–Kier alpha value is -0.0800. The van der Waals surface area contributed by atoms with Crippen molar-refractivity contribution in [3.63, 3.8) is 0 Å². The molecular formula is C11H26N2. The van der Waals surface area contributed by atoms with Gasteiger partial charge >= 0.3 is 0 Å². The van der Waals surface area contributed by atoms with Gasteiger partial charge in [0.1, 0.15) is 0 Å². The summed E-state index contributed by atoms with van der Waals surface area (Å²) in [6.45, 7) is 11.4. The molecule has 0 aromatic heterocycles. The number of nitrogens with one attached hydrogen (secondary N) is 1. The Bertz CT molecular complexity index is 121. The van der Waals surface area contributed by atoms with Gasteiger partial charge in [0.25, 0.3) is 0 Å².